The Kier molecular flexibility index (Phi) is 4.44. The molecule has 1 aromatic carbocycles. The topological polar surface area (TPSA) is 30.2 Å². The van der Waals surface area contributed by atoms with E-state index in [9.17, 15) is 0 Å². The monoisotopic (exact) mass is 397 g/mol. The van der Waals surface area contributed by atoms with Crippen molar-refractivity contribution in [2.75, 3.05) is 5.88 Å². The number of alkyl halides is 1. The molecular formula is C16H14BrCl2N3. The molecule has 0 aliphatic heterocycles. The molecule has 0 amide bonds. The highest BCUT2D eigenvalue weighted by Gasteiger charge is 2.18. The Bertz CT molecular complexity index is 841. The molecule has 6 heteroatoms. The predicted octanol–water partition coefficient (Wildman–Crippen LogP) is 5.21. The Labute approximate surface area is 147 Å². The minimum Gasteiger partial charge on any atom is -0.233 e. The minimum absolute atomic E-state index is 0.508. The minimum atomic E-state index is 0.508. The van der Waals surface area contributed by atoms with Crippen molar-refractivity contribution in [3.8, 4) is 11.1 Å². The van der Waals surface area contributed by atoms with Crippen molar-refractivity contribution in [2.24, 2.45) is 0 Å². The zero-order chi connectivity index (χ0) is 15.9. The highest BCUT2D eigenvalue weighted by molar-refractivity contribution is 9.10. The summed E-state index contributed by atoms with van der Waals surface area (Å²) < 4.78 is 2.75. The zero-order valence-corrected chi connectivity index (χ0v) is 15.3. The van der Waals surface area contributed by atoms with Crippen molar-refractivity contribution in [3.63, 3.8) is 0 Å². The summed E-state index contributed by atoms with van der Waals surface area (Å²) in [4.78, 5) is 4.72. The van der Waals surface area contributed by atoms with Crippen LogP contribution in [0.1, 0.15) is 17.0 Å². The average molecular weight is 399 g/mol. The van der Waals surface area contributed by atoms with Gasteiger partial charge in [-0.25, -0.2) is 9.50 Å². The van der Waals surface area contributed by atoms with Crippen LogP contribution in [0.5, 0.6) is 0 Å². The van der Waals surface area contributed by atoms with Crippen LogP contribution in [0.3, 0.4) is 0 Å². The van der Waals surface area contributed by atoms with Gasteiger partial charge in [0.05, 0.1) is 5.69 Å². The molecule has 0 atom stereocenters. The van der Waals surface area contributed by atoms with Gasteiger partial charge in [0.15, 0.2) is 5.65 Å². The molecule has 3 nitrogen and oxygen atoms in total. The van der Waals surface area contributed by atoms with E-state index < -0.39 is 0 Å². The van der Waals surface area contributed by atoms with E-state index >= 15 is 0 Å². The molecule has 22 heavy (non-hydrogen) atoms. The molecule has 0 saturated carbocycles. The second-order valence-corrected chi connectivity index (χ2v) is 6.76. The van der Waals surface area contributed by atoms with Gasteiger partial charge in [-0.05, 0) is 38.0 Å². The van der Waals surface area contributed by atoms with Crippen molar-refractivity contribution >= 4 is 44.8 Å². The summed E-state index contributed by atoms with van der Waals surface area (Å²) in [6.07, 6.45) is 0.682. The van der Waals surface area contributed by atoms with Gasteiger partial charge in [-0.3, -0.25) is 0 Å². The first-order valence-electron chi connectivity index (χ1n) is 6.89. The lowest BCUT2D eigenvalue weighted by Gasteiger charge is -2.08. The van der Waals surface area contributed by atoms with Gasteiger partial charge in [-0.1, -0.05) is 39.7 Å². The first-order chi connectivity index (χ1) is 10.5. The van der Waals surface area contributed by atoms with E-state index in [4.69, 9.17) is 28.2 Å². The van der Waals surface area contributed by atoms with Crippen LogP contribution in [0.15, 0.2) is 28.7 Å². The van der Waals surface area contributed by atoms with Gasteiger partial charge in [0.1, 0.15) is 5.15 Å². The Morgan fingerprint density at radius 2 is 1.82 bits per heavy atom. The summed E-state index contributed by atoms with van der Waals surface area (Å²) in [6, 6.07) is 8.11. The fraction of sp³-hybridized carbons (Fsp3) is 0.250. The molecule has 2 heterocycles. The number of aryl methyl sites for hydroxylation is 2. The third-order valence-electron chi connectivity index (χ3n) is 3.66. The van der Waals surface area contributed by atoms with Crippen LogP contribution in [0.4, 0.5) is 0 Å². The van der Waals surface area contributed by atoms with E-state index in [1.54, 1.807) is 4.52 Å². The second kappa shape index (κ2) is 6.19. The molecule has 114 valence electrons. The van der Waals surface area contributed by atoms with Gasteiger partial charge >= 0.3 is 0 Å². The number of hydrogen-bond acceptors (Lipinski definition) is 2. The maximum Gasteiger partial charge on any atom is 0.165 e. The van der Waals surface area contributed by atoms with E-state index in [0.29, 0.717) is 17.5 Å². The number of nitrogens with zero attached hydrogens (tertiary/aromatic N) is 3. The number of aromatic nitrogens is 3. The number of benzene rings is 1. The van der Waals surface area contributed by atoms with Crippen molar-refractivity contribution in [2.45, 2.75) is 20.3 Å². The van der Waals surface area contributed by atoms with Gasteiger partial charge in [-0.15, -0.1) is 11.6 Å². The van der Waals surface area contributed by atoms with Gasteiger partial charge in [0, 0.05) is 27.2 Å². The van der Waals surface area contributed by atoms with Crippen LogP contribution in [0.25, 0.3) is 16.8 Å². The molecular weight excluding hydrogens is 385 g/mol. The summed E-state index contributed by atoms with van der Waals surface area (Å²) in [5, 5.41) is 5.16. The molecule has 0 N–H and O–H groups in total. The number of halogens is 3. The summed E-state index contributed by atoms with van der Waals surface area (Å²) in [5.74, 6) is 0.508. The molecule has 0 fully saturated rings. The quantitative estimate of drug-likeness (QED) is 0.447. The van der Waals surface area contributed by atoms with Crippen molar-refractivity contribution < 1.29 is 0 Å². The fourth-order valence-corrected chi connectivity index (χ4v) is 3.39. The summed E-state index contributed by atoms with van der Waals surface area (Å²) in [5.41, 5.74) is 5.61. The maximum atomic E-state index is 6.52. The molecule has 3 rings (SSSR count). The van der Waals surface area contributed by atoms with Crippen LogP contribution in [0, 0.1) is 13.8 Å². The summed E-state index contributed by atoms with van der Waals surface area (Å²) in [7, 11) is 0. The van der Waals surface area contributed by atoms with E-state index in [1.807, 2.05) is 38.1 Å². The van der Waals surface area contributed by atoms with Crippen LogP contribution < -0.4 is 0 Å². The van der Waals surface area contributed by atoms with E-state index in [0.717, 1.165) is 38.2 Å². The molecule has 0 aliphatic carbocycles. The van der Waals surface area contributed by atoms with Crippen molar-refractivity contribution in [1.29, 1.82) is 0 Å². The summed E-state index contributed by atoms with van der Waals surface area (Å²) >= 11 is 15.8. The Hall–Kier alpha value is -1.10. The van der Waals surface area contributed by atoms with Crippen LogP contribution >= 0.6 is 39.1 Å². The van der Waals surface area contributed by atoms with Crippen LogP contribution in [-0.2, 0) is 6.42 Å². The van der Waals surface area contributed by atoms with Gasteiger partial charge in [-0.2, -0.15) is 5.10 Å². The molecule has 0 bridgehead atoms. The zero-order valence-electron chi connectivity index (χ0n) is 12.2. The van der Waals surface area contributed by atoms with E-state index in [2.05, 4.69) is 21.0 Å². The third kappa shape index (κ3) is 2.64. The first kappa shape index (κ1) is 15.8. The predicted molar refractivity (Wildman–Crippen MR) is 95.0 cm³/mol. The number of fused-ring (bicyclic) bond motifs is 1. The number of rotatable bonds is 3. The molecule has 2 aromatic heterocycles. The van der Waals surface area contributed by atoms with E-state index in [-0.39, 0.29) is 0 Å². The van der Waals surface area contributed by atoms with Gasteiger partial charge < -0.3 is 0 Å². The van der Waals surface area contributed by atoms with E-state index in [1.165, 1.54) is 0 Å². The Morgan fingerprint density at radius 3 is 2.45 bits per heavy atom. The number of hydrogen-bond donors (Lipinski definition) is 0. The van der Waals surface area contributed by atoms with Crippen molar-refractivity contribution in [3.05, 3.63) is 50.8 Å². The highest BCUT2D eigenvalue weighted by Crippen LogP contribution is 2.31. The summed E-state index contributed by atoms with van der Waals surface area (Å²) in [6.45, 7) is 3.93. The Balaban J connectivity index is 2.28. The Morgan fingerprint density at radius 1 is 1.14 bits per heavy atom. The highest BCUT2D eigenvalue weighted by atomic mass is 79.9. The van der Waals surface area contributed by atoms with Crippen molar-refractivity contribution in [1.82, 2.24) is 14.6 Å². The SMILES string of the molecule is Cc1nc2c(-c3ccc(Br)cc3)c(C)nn2c(Cl)c1CCCl. The fourth-order valence-electron chi connectivity index (χ4n) is 2.59. The largest absolute Gasteiger partial charge is 0.233 e. The molecule has 0 unspecified atom stereocenters. The lowest BCUT2D eigenvalue weighted by atomic mass is 10.1. The molecule has 0 aliphatic rings. The lowest BCUT2D eigenvalue weighted by molar-refractivity contribution is 0.882. The molecule has 3 aromatic rings. The second-order valence-electron chi connectivity index (χ2n) is 5.11. The third-order valence-corrected chi connectivity index (χ3v) is 4.76. The molecule has 0 spiro atoms. The maximum absolute atomic E-state index is 6.52. The standard InChI is InChI=1S/C16H14BrCl2N3/c1-9-13(7-8-18)15(19)22-16(20-9)14(10(2)21-22)11-3-5-12(17)6-4-11/h3-6H,7-8H2,1-2H3. The average Bonchev–Trinajstić information content (AvgIpc) is 2.81. The smallest absolute Gasteiger partial charge is 0.165 e. The van der Waals surface area contributed by atoms with Crippen LogP contribution in [-0.4, -0.2) is 20.5 Å². The lowest BCUT2D eigenvalue weighted by Crippen LogP contribution is -2.03. The van der Waals surface area contributed by atoms with Gasteiger partial charge in [0.25, 0.3) is 0 Å². The molecule has 0 saturated heterocycles. The van der Waals surface area contributed by atoms with Gasteiger partial charge in [0.2, 0.25) is 0 Å². The molecule has 0 radical (unpaired) electrons. The normalized spacial score (nSPS) is 11.3. The first-order valence-corrected chi connectivity index (χ1v) is 8.59. The van der Waals surface area contributed by atoms with Crippen LogP contribution in [0.2, 0.25) is 5.15 Å².